The topological polar surface area (TPSA) is 39.7 Å². The van der Waals surface area contributed by atoms with Gasteiger partial charge in [-0.1, -0.05) is 12.2 Å². The Balaban J connectivity index is 2.23. The largest absolute Gasteiger partial charge is 0.497 e. The minimum atomic E-state index is -0.0731. The van der Waals surface area contributed by atoms with E-state index >= 15 is 0 Å². The fourth-order valence-electron chi connectivity index (χ4n) is 1.91. The smallest absolute Gasteiger partial charge is 0.130 e. The number of methoxy groups -OCH3 is 2. The summed E-state index contributed by atoms with van der Waals surface area (Å²) in [7, 11) is 3.25. The molecule has 4 nitrogen and oxygen atoms in total. The lowest BCUT2D eigenvalue weighted by Crippen LogP contribution is -2.42. The molecule has 0 aliphatic carbocycles. The zero-order valence-electron chi connectivity index (χ0n) is 10.6. The maximum atomic E-state index is 5.66. The van der Waals surface area contributed by atoms with Crippen molar-refractivity contribution in [3.8, 4) is 11.5 Å². The molecule has 1 aliphatic heterocycles. The highest BCUT2D eigenvalue weighted by Gasteiger charge is 2.22. The predicted octanol–water partition coefficient (Wildman–Crippen LogP) is 1.41. The van der Waals surface area contributed by atoms with Crippen LogP contribution in [0.5, 0.6) is 11.5 Å². The van der Waals surface area contributed by atoms with Gasteiger partial charge in [-0.3, -0.25) is 0 Å². The molecule has 1 saturated heterocycles. The number of morpholine rings is 1. The molecule has 1 atom stereocenters. The first-order chi connectivity index (χ1) is 8.76. The van der Waals surface area contributed by atoms with Crippen LogP contribution in [0.25, 0.3) is 0 Å². The first-order valence-corrected chi connectivity index (χ1v) is 6.25. The van der Waals surface area contributed by atoms with Crippen molar-refractivity contribution in [2.75, 3.05) is 33.9 Å². The fraction of sp³-hybridized carbons (Fsp3) is 0.462. The lowest BCUT2D eigenvalue weighted by Gasteiger charge is -2.25. The zero-order chi connectivity index (χ0) is 13.0. The van der Waals surface area contributed by atoms with Crippen LogP contribution in [0.4, 0.5) is 0 Å². The Morgan fingerprint density at radius 3 is 2.83 bits per heavy atom. The molecular formula is C13H17NO3S. The number of ether oxygens (including phenoxy) is 3. The van der Waals surface area contributed by atoms with Crippen LogP contribution in [0.15, 0.2) is 18.2 Å². The maximum absolute atomic E-state index is 5.66. The van der Waals surface area contributed by atoms with Gasteiger partial charge in [0.1, 0.15) is 17.6 Å². The summed E-state index contributed by atoms with van der Waals surface area (Å²) in [5.74, 6) is 1.47. The van der Waals surface area contributed by atoms with Gasteiger partial charge in [0.25, 0.3) is 0 Å². The fourth-order valence-corrected chi connectivity index (χ4v) is 2.23. The number of benzene rings is 1. The van der Waals surface area contributed by atoms with E-state index in [1.54, 1.807) is 14.2 Å². The summed E-state index contributed by atoms with van der Waals surface area (Å²) < 4.78 is 16.2. The van der Waals surface area contributed by atoms with E-state index < -0.39 is 0 Å². The van der Waals surface area contributed by atoms with Crippen LogP contribution in [0.3, 0.4) is 0 Å². The number of thiocarbonyl (C=S) groups is 1. The van der Waals surface area contributed by atoms with Crippen molar-refractivity contribution in [3.63, 3.8) is 0 Å². The Labute approximate surface area is 112 Å². The summed E-state index contributed by atoms with van der Waals surface area (Å²) in [6.45, 7) is 2.30. The minimum Gasteiger partial charge on any atom is -0.497 e. The van der Waals surface area contributed by atoms with Crippen molar-refractivity contribution in [1.29, 1.82) is 0 Å². The molecule has 2 rings (SSSR count). The summed E-state index contributed by atoms with van der Waals surface area (Å²) in [5.41, 5.74) is 0.891. The lowest BCUT2D eigenvalue weighted by molar-refractivity contribution is 0.0728. The Kier molecular flexibility index (Phi) is 4.52. The Hall–Kier alpha value is -1.17. The second-order valence-electron chi connectivity index (χ2n) is 3.99. The van der Waals surface area contributed by atoms with E-state index in [1.165, 1.54) is 0 Å². The van der Waals surface area contributed by atoms with Gasteiger partial charge in [-0.25, -0.2) is 0 Å². The molecule has 0 amide bonds. The Bertz CT molecular complexity index is 430. The highest BCUT2D eigenvalue weighted by molar-refractivity contribution is 7.81. The van der Waals surface area contributed by atoms with E-state index in [9.17, 15) is 0 Å². The molecule has 1 heterocycles. The van der Waals surface area contributed by atoms with Gasteiger partial charge in [0.15, 0.2) is 0 Å². The number of hydrogen-bond donors (Lipinski definition) is 1. The first-order valence-electron chi connectivity index (χ1n) is 5.85. The van der Waals surface area contributed by atoms with Crippen molar-refractivity contribution in [3.05, 3.63) is 23.8 Å². The van der Waals surface area contributed by atoms with Crippen LogP contribution in [0.2, 0.25) is 0 Å². The van der Waals surface area contributed by atoms with E-state index in [0.29, 0.717) is 12.4 Å². The lowest BCUT2D eigenvalue weighted by atomic mass is 10.1. The van der Waals surface area contributed by atoms with Crippen LogP contribution in [-0.4, -0.2) is 44.9 Å². The van der Waals surface area contributed by atoms with Crippen molar-refractivity contribution >= 4 is 17.1 Å². The van der Waals surface area contributed by atoms with Gasteiger partial charge in [0.2, 0.25) is 0 Å². The van der Waals surface area contributed by atoms with Gasteiger partial charge in [0, 0.05) is 24.7 Å². The molecule has 0 radical (unpaired) electrons. The normalized spacial score (nSPS) is 19.3. The zero-order valence-corrected chi connectivity index (χ0v) is 11.4. The highest BCUT2D eigenvalue weighted by Crippen LogP contribution is 2.26. The van der Waals surface area contributed by atoms with Gasteiger partial charge in [-0.05, 0) is 12.1 Å². The molecule has 0 aromatic heterocycles. The van der Waals surface area contributed by atoms with E-state index in [-0.39, 0.29) is 6.10 Å². The highest BCUT2D eigenvalue weighted by atomic mass is 32.1. The molecule has 98 valence electrons. The molecule has 18 heavy (non-hydrogen) atoms. The van der Waals surface area contributed by atoms with Crippen LogP contribution in [-0.2, 0) is 4.74 Å². The predicted molar refractivity (Wildman–Crippen MR) is 73.9 cm³/mol. The second kappa shape index (κ2) is 6.13. The summed E-state index contributed by atoms with van der Waals surface area (Å²) in [4.78, 5) is 0.765. The summed E-state index contributed by atoms with van der Waals surface area (Å²) in [5, 5.41) is 3.27. The molecule has 1 aromatic carbocycles. The van der Waals surface area contributed by atoms with Crippen LogP contribution in [0.1, 0.15) is 5.56 Å². The van der Waals surface area contributed by atoms with Crippen LogP contribution in [0, 0.1) is 0 Å². The van der Waals surface area contributed by atoms with E-state index in [0.717, 1.165) is 29.3 Å². The quantitative estimate of drug-likeness (QED) is 0.660. The van der Waals surface area contributed by atoms with Crippen LogP contribution >= 0.6 is 12.2 Å². The molecule has 1 unspecified atom stereocenters. The van der Waals surface area contributed by atoms with Gasteiger partial charge in [0.05, 0.1) is 25.7 Å². The molecular weight excluding hydrogens is 250 g/mol. The average molecular weight is 267 g/mol. The molecule has 0 bridgehead atoms. The molecule has 5 heteroatoms. The van der Waals surface area contributed by atoms with Crippen molar-refractivity contribution < 1.29 is 14.2 Å². The third-order valence-electron chi connectivity index (χ3n) is 2.89. The molecule has 0 spiro atoms. The molecule has 0 saturated carbocycles. The maximum Gasteiger partial charge on any atom is 0.130 e. The third kappa shape index (κ3) is 2.80. The minimum absolute atomic E-state index is 0.0731. The Morgan fingerprint density at radius 2 is 2.22 bits per heavy atom. The standard InChI is InChI=1S/C13H17NO3S/c1-15-9-3-4-10(11(7-9)16-2)13(18)12-8-14-5-6-17-12/h3-4,7,12,14H,5-6,8H2,1-2H3. The molecule has 1 aromatic rings. The number of nitrogens with one attached hydrogen (secondary N) is 1. The van der Waals surface area contributed by atoms with Gasteiger partial charge in [-0.2, -0.15) is 0 Å². The Morgan fingerprint density at radius 1 is 1.39 bits per heavy atom. The van der Waals surface area contributed by atoms with Gasteiger partial charge in [-0.15, -0.1) is 0 Å². The molecule has 1 aliphatic rings. The van der Waals surface area contributed by atoms with Crippen molar-refractivity contribution in [1.82, 2.24) is 5.32 Å². The van der Waals surface area contributed by atoms with Gasteiger partial charge < -0.3 is 19.5 Å². The average Bonchev–Trinajstić information content (AvgIpc) is 2.46. The van der Waals surface area contributed by atoms with Crippen molar-refractivity contribution in [2.45, 2.75) is 6.10 Å². The van der Waals surface area contributed by atoms with Crippen LogP contribution < -0.4 is 14.8 Å². The van der Waals surface area contributed by atoms with Gasteiger partial charge >= 0.3 is 0 Å². The monoisotopic (exact) mass is 267 g/mol. The van der Waals surface area contributed by atoms with E-state index in [1.807, 2.05) is 18.2 Å². The summed E-state index contributed by atoms with van der Waals surface area (Å²) in [6.07, 6.45) is -0.0731. The first kappa shape index (κ1) is 13.3. The summed E-state index contributed by atoms with van der Waals surface area (Å²) in [6, 6.07) is 5.62. The molecule has 1 N–H and O–H groups in total. The van der Waals surface area contributed by atoms with E-state index in [4.69, 9.17) is 26.4 Å². The SMILES string of the molecule is COc1ccc(C(=S)C2CNCCO2)c(OC)c1. The van der Waals surface area contributed by atoms with E-state index in [2.05, 4.69) is 5.32 Å². The van der Waals surface area contributed by atoms with Crippen molar-refractivity contribution in [2.24, 2.45) is 0 Å². The molecule has 1 fully saturated rings. The summed E-state index contributed by atoms with van der Waals surface area (Å²) >= 11 is 5.49. The third-order valence-corrected chi connectivity index (χ3v) is 3.38. The number of hydrogen-bond acceptors (Lipinski definition) is 5. The number of rotatable bonds is 4. The second-order valence-corrected chi connectivity index (χ2v) is 4.43.